The predicted octanol–water partition coefficient (Wildman–Crippen LogP) is 3.40. The molecule has 1 atom stereocenters. The van der Waals surface area contributed by atoms with Gasteiger partial charge in [0.2, 0.25) is 0 Å². The highest BCUT2D eigenvalue weighted by molar-refractivity contribution is 5.94. The summed E-state index contributed by atoms with van der Waals surface area (Å²) in [5.74, 6) is 1.79. The Kier molecular flexibility index (Phi) is 7.52. The van der Waals surface area contributed by atoms with E-state index < -0.39 is 0 Å². The van der Waals surface area contributed by atoms with Gasteiger partial charge >= 0.3 is 0 Å². The van der Waals surface area contributed by atoms with Crippen LogP contribution < -0.4 is 10.1 Å². The Labute approximate surface area is 199 Å². The molecule has 1 amide bonds. The van der Waals surface area contributed by atoms with Crippen molar-refractivity contribution in [2.24, 2.45) is 5.92 Å². The molecule has 3 heterocycles. The maximum atomic E-state index is 13.8. The van der Waals surface area contributed by atoms with Crippen LogP contribution in [0.25, 0.3) is 0 Å². The molecule has 2 aromatic heterocycles. The second-order valence-corrected chi connectivity index (χ2v) is 9.02. The smallest absolute Gasteiger partial charge is 0.253 e. The number of carbonyl (C=O) groups is 1. The zero-order valence-electron chi connectivity index (χ0n) is 19.9. The molecule has 8 nitrogen and oxygen atoms in total. The summed E-state index contributed by atoms with van der Waals surface area (Å²) >= 11 is 0. The van der Waals surface area contributed by atoms with Crippen LogP contribution in [0.2, 0.25) is 0 Å². The highest BCUT2D eigenvalue weighted by Crippen LogP contribution is 2.24. The molecule has 0 unspecified atom stereocenters. The number of amides is 1. The van der Waals surface area contributed by atoms with Crippen LogP contribution in [0.1, 0.15) is 53.9 Å². The highest BCUT2D eigenvalue weighted by Gasteiger charge is 2.26. The number of nitrogens with one attached hydrogen (secondary N) is 1. The Morgan fingerprint density at radius 1 is 1.21 bits per heavy atom. The lowest BCUT2D eigenvalue weighted by Crippen LogP contribution is -2.32. The van der Waals surface area contributed by atoms with E-state index in [1.165, 1.54) is 13.2 Å². The van der Waals surface area contributed by atoms with Crippen LogP contribution in [0, 0.1) is 11.7 Å². The van der Waals surface area contributed by atoms with Crippen molar-refractivity contribution >= 4 is 5.91 Å². The number of carbonyl (C=O) groups excluding carboxylic acids is 1. The van der Waals surface area contributed by atoms with Crippen LogP contribution in [-0.4, -0.2) is 50.8 Å². The van der Waals surface area contributed by atoms with E-state index in [4.69, 9.17) is 4.74 Å². The van der Waals surface area contributed by atoms with Crippen LogP contribution in [-0.2, 0) is 19.5 Å². The molecular formula is C25H31FN6O2. The lowest BCUT2D eigenvalue weighted by atomic mass is 10.0. The summed E-state index contributed by atoms with van der Waals surface area (Å²) in [5, 5.41) is 12.1. The van der Waals surface area contributed by atoms with Gasteiger partial charge < -0.3 is 14.6 Å². The molecule has 4 rings (SSSR count). The molecule has 0 bridgehead atoms. The predicted molar refractivity (Wildman–Crippen MR) is 126 cm³/mol. The molecule has 0 radical (unpaired) electrons. The molecule has 9 heteroatoms. The quantitative estimate of drug-likeness (QED) is 0.548. The van der Waals surface area contributed by atoms with Gasteiger partial charge in [-0.05, 0) is 42.2 Å². The van der Waals surface area contributed by atoms with Gasteiger partial charge in [-0.1, -0.05) is 19.9 Å². The maximum Gasteiger partial charge on any atom is 0.253 e. The van der Waals surface area contributed by atoms with E-state index >= 15 is 0 Å². The number of aromatic nitrogens is 4. The van der Waals surface area contributed by atoms with Gasteiger partial charge in [-0.3, -0.25) is 14.7 Å². The van der Waals surface area contributed by atoms with Gasteiger partial charge in [-0.25, -0.2) is 4.39 Å². The summed E-state index contributed by atoms with van der Waals surface area (Å²) in [6, 6.07) is 8.24. The zero-order chi connectivity index (χ0) is 24.1. The number of rotatable bonds is 8. The largest absolute Gasteiger partial charge is 0.494 e. The SMILES string of the molecule is COc1cc(CN2CCc3nnc([C@@H](CC(C)C)NC(=O)c4cccnc4)n3CC2)ccc1F. The molecule has 1 N–H and O–H groups in total. The summed E-state index contributed by atoms with van der Waals surface area (Å²) in [6.07, 6.45) is 4.71. The van der Waals surface area contributed by atoms with Crippen molar-refractivity contribution in [1.29, 1.82) is 0 Å². The molecule has 1 aromatic carbocycles. The van der Waals surface area contributed by atoms with Gasteiger partial charge in [0.25, 0.3) is 5.91 Å². The van der Waals surface area contributed by atoms with E-state index in [9.17, 15) is 9.18 Å². The van der Waals surface area contributed by atoms with Crippen molar-refractivity contribution < 1.29 is 13.9 Å². The molecule has 0 spiro atoms. The summed E-state index contributed by atoms with van der Waals surface area (Å²) in [4.78, 5) is 19.2. The summed E-state index contributed by atoms with van der Waals surface area (Å²) in [6.45, 7) is 7.27. The molecular weight excluding hydrogens is 435 g/mol. The summed E-state index contributed by atoms with van der Waals surface area (Å²) in [7, 11) is 1.47. The number of ether oxygens (including phenoxy) is 1. The molecule has 180 valence electrons. The van der Waals surface area contributed by atoms with Crippen molar-refractivity contribution in [3.8, 4) is 5.75 Å². The first kappa shape index (κ1) is 23.8. The first-order valence-corrected chi connectivity index (χ1v) is 11.6. The van der Waals surface area contributed by atoms with Gasteiger partial charge in [0.1, 0.15) is 5.82 Å². The normalized spacial score (nSPS) is 15.0. The molecule has 3 aromatic rings. The fourth-order valence-corrected chi connectivity index (χ4v) is 4.30. The minimum Gasteiger partial charge on any atom is -0.494 e. The third kappa shape index (κ3) is 5.59. The maximum absolute atomic E-state index is 13.8. The molecule has 1 aliphatic heterocycles. The number of methoxy groups -OCH3 is 1. The lowest BCUT2D eigenvalue weighted by Gasteiger charge is -2.22. The molecule has 0 fully saturated rings. The second kappa shape index (κ2) is 10.7. The van der Waals surface area contributed by atoms with Crippen LogP contribution in [0.4, 0.5) is 4.39 Å². The lowest BCUT2D eigenvalue weighted by molar-refractivity contribution is 0.0928. The Morgan fingerprint density at radius 3 is 2.79 bits per heavy atom. The van der Waals surface area contributed by atoms with Crippen LogP contribution in [0.15, 0.2) is 42.7 Å². The fraction of sp³-hybridized carbons (Fsp3) is 0.440. The van der Waals surface area contributed by atoms with Crippen LogP contribution in [0.5, 0.6) is 5.75 Å². The van der Waals surface area contributed by atoms with E-state index in [1.54, 1.807) is 36.7 Å². The molecule has 0 saturated carbocycles. The van der Waals surface area contributed by atoms with Gasteiger partial charge in [-0.15, -0.1) is 10.2 Å². The standard InChI is InChI=1S/C25H31FN6O2/c1-17(2)13-21(28-25(33)19-5-4-9-27-15-19)24-30-29-23-8-10-31(11-12-32(23)24)16-18-6-7-20(26)22(14-18)34-3/h4-7,9,14-15,17,21H,8,10-13,16H2,1-3H3,(H,28,33)/t21-/m1/s1. The average Bonchev–Trinajstić information content (AvgIpc) is 3.14. The summed E-state index contributed by atoms with van der Waals surface area (Å²) in [5.41, 5.74) is 1.52. The second-order valence-electron chi connectivity index (χ2n) is 9.02. The van der Waals surface area contributed by atoms with E-state index in [0.29, 0.717) is 24.6 Å². The minimum absolute atomic E-state index is 0.170. The van der Waals surface area contributed by atoms with Crippen molar-refractivity contribution in [3.05, 3.63) is 71.3 Å². The minimum atomic E-state index is -0.359. The van der Waals surface area contributed by atoms with E-state index in [1.807, 2.05) is 0 Å². The number of benzene rings is 1. The number of pyridine rings is 1. The van der Waals surface area contributed by atoms with Gasteiger partial charge in [0.05, 0.1) is 18.7 Å². The third-order valence-electron chi connectivity index (χ3n) is 6.02. The van der Waals surface area contributed by atoms with E-state index in [0.717, 1.165) is 43.1 Å². The third-order valence-corrected chi connectivity index (χ3v) is 6.02. The van der Waals surface area contributed by atoms with Crippen molar-refractivity contribution in [2.75, 3.05) is 20.2 Å². The van der Waals surface area contributed by atoms with Gasteiger partial charge in [-0.2, -0.15) is 0 Å². The molecule has 34 heavy (non-hydrogen) atoms. The number of halogens is 1. The van der Waals surface area contributed by atoms with Crippen molar-refractivity contribution in [3.63, 3.8) is 0 Å². The Morgan fingerprint density at radius 2 is 2.06 bits per heavy atom. The van der Waals surface area contributed by atoms with E-state index in [-0.39, 0.29) is 23.5 Å². The molecule has 1 aliphatic rings. The topological polar surface area (TPSA) is 85.2 Å². The first-order chi connectivity index (χ1) is 16.4. The van der Waals surface area contributed by atoms with Crippen molar-refractivity contribution in [2.45, 2.75) is 45.8 Å². The van der Waals surface area contributed by atoms with Crippen molar-refractivity contribution in [1.82, 2.24) is 30.0 Å². The Balaban J connectivity index is 1.49. The Hall–Kier alpha value is -3.33. The number of nitrogens with zero attached hydrogens (tertiary/aromatic N) is 5. The number of fused-ring (bicyclic) bond motifs is 1. The molecule has 0 aliphatic carbocycles. The van der Waals surface area contributed by atoms with Gasteiger partial charge in [0.15, 0.2) is 17.4 Å². The van der Waals surface area contributed by atoms with E-state index in [2.05, 4.69) is 43.8 Å². The molecule has 0 saturated heterocycles. The number of hydrogen-bond acceptors (Lipinski definition) is 6. The zero-order valence-corrected chi connectivity index (χ0v) is 19.9. The first-order valence-electron chi connectivity index (χ1n) is 11.6. The fourth-order valence-electron chi connectivity index (χ4n) is 4.30. The highest BCUT2D eigenvalue weighted by atomic mass is 19.1. The van der Waals surface area contributed by atoms with Crippen LogP contribution >= 0.6 is 0 Å². The Bertz CT molecular complexity index is 1120. The average molecular weight is 467 g/mol. The monoisotopic (exact) mass is 466 g/mol. The summed E-state index contributed by atoms with van der Waals surface area (Å²) < 4.78 is 21.0. The van der Waals surface area contributed by atoms with Crippen LogP contribution in [0.3, 0.4) is 0 Å². The number of hydrogen-bond donors (Lipinski definition) is 1. The van der Waals surface area contributed by atoms with Gasteiger partial charge in [0, 0.05) is 45.0 Å².